The number of hydrogen-bond acceptors (Lipinski definition) is 4. The van der Waals surface area contributed by atoms with E-state index in [0.29, 0.717) is 0 Å². The zero-order valence-corrected chi connectivity index (χ0v) is 9.13. The number of anilines is 1. The van der Waals surface area contributed by atoms with Gasteiger partial charge >= 0.3 is 6.36 Å². The van der Waals surface area contributed by atoms with Gasteiger partial charge in [-0.25, -0.2) is 4.98 Å². The minimum atomic E-state index is -4.82. The molecule has 0 atom stereocenters. The number of rotatable bonds is 1. The van der Waals surface area contributed by atoms with Crippen molar-refractivity contribution >= 4 is 28.3 Å². The number of ether oxygens (including phenoxy) is 1. The third kappa shape index (κ3) is 3.12. The highest BCUT2D eigenvalue weighted by molar-refractivity contribution is 14.1. The number of nitrogens with zero attached hydrogens (tertiary/aromatic N) is 2. The fourth-order valence-corrected chi connectivity index (χ4v) is 1.46. The highest BCUT2D eigenvalue weighted by Gasteiger charge is 2.32. The van der Waals surface area contributed by atoms with Gasteiger partial charge in [0.05, 0.1) is 5.69 Å². The fourth-order valence-electron chi connectivity index (χ4n) is 0.791. The Bertz CT molecular complexity index is 403. The molecule has 0 aliphatic rings. The number of nitrogen functional groups attached to an aromatic ring is 1. The molecule has 1 rings (SSSR count). The monoisotopic (exact) mass is 329 g/mol. The SMILES string of the molecule is N#Cc1c(N)cc(OC(F)(F)F)nc1I. The molecule has 15 heavy (non-hydrogen) atoms. The molecule has 0 amide bonds. The molecule has 0 aliphatic carbocycles. The highest BCUT2D eigenvalue weighted by Crippen LogP contribution is 2.26. The van der Waals surface area contributed by atoms with Crippen LogP contribution in [0.4, 0.5) is 18.9 Å². The van der Waals surface area contributed by atoms with E-state index in [2.05, 4.69) is 9.72 Å². The first-order valence-electron chi connectivity index (χ1n) is 3.45. The minimum Gasteiger partial charge on any atom is -0.397 e. The van der Waals surface area contributed by atoms with Crippen LogP contribution >= 0.6 is 22.6 Å². The summed E-state index contributed by atoms with van der Waals surface area (Å²) in [5.41, 5.74) is 5.27. The van der Waals surface area contributed by atoms with Gasteiger partial charge < -0.3 is 10.5 Å². The van der Waals surface area contributed by atoms with Gasteiger partial charge in [0.2, 0.25) is 5.88 Å². The molecule has 0 saturated heterocycles. The van der Waals surface area contributed by atoms with Gasteiger partial charge in [-0.3, -0.25) is 0 Å². The van der Waals surface area contributed by atoms with Crippen LogP contribution in [0.2, 0.25) is 0 Å². The summed E-state index contributed by atoms with van der Waals surface area (Å²) < 4.78 is 39.1. The third-order valence-corrected chi connectivity index (χ3v) is 2.09. The molecule has 0 saturated carbocycles. The lowest BCUT2D eigenvalue weighted by molar-refractivity contribution is -0.276. The summed E-state index contributed by atoms with van der Waals surface area (Å²) in [6.45, 7) is 0. The highest BCUT2D eigenvalue weighted by atomic mass is 127. The molecule has 1 aromatic heterocycles. The summed E-state index contributed by atoms with van der Waals surface area (Å²) in [4.78, 5) is 3.43. The van der Waals surface area contributed by atoms with Gasteiger partial charge in [-0.15, -0.1) is 13.2 Å². The number of nitriles is 1. The summed E-state index contributed by atoms with van der Waals surface area (Å²) >= 11 is 1.60. The summed E-state index contributed by atoms with van der Waals surface area (Å²) in [7, 11) is 0. The van der Waals surface area contributed by atoms with Crippen molar-refractivity contribution in [1.29, 1.82) is 5.26 Å². The van der Waals surface area contributed by atoms with Crippen LogP contribution in [0, 0.1) is 15.0 Å². The van der Waals surface area contributed by atoms with Crippen LogP contribution in [0.3, 0.4) is 0 Å². The zero-order valence-electron chi connectivity index (χ0n) is 6.97. The lowest BCUT2D eigenvalue weighted by Crippen LogP contribution is -2.18. The maximum absolute atomic E-state index is 11.8. The van der Waals surface area contributed by atoms with Crippen LogP contribution in [-0.2, 0) is 0 Å². The summed E-state index contributed by atoms with van der Waals surface area (Å²) in [6.07, 6.45) is -4.82. The second-order valence-electron chi connectivity index (χ2n) is 2.38. The molecule has 1 heterocycles. The Morgan fingerprint density at radius 3 is 2.53 bits per heavy atom. The van der Waals surface area contributed by atoms with Crippen LogP contribution in [0.1, 0.15) is 5.56 Å². The van der Waals surface area contributed by atoms with Crippen molar-refractivity contribution in [1.82, 2.24) is 4.98 Å². The van der Waals surface area contributed by atoms with Gasteiger partial charge in [0.1, 0.15) is 15.3 Å². The number of pyridine rings is 1. The molecule has 1 aromatic rings. The predicted octanol–water partition coefficient (Wildman–Crippen LogP) is 2.04. The van der Waals surface area contributed by atoms with Crippen molar-refractivity contribution < 1.29 is 17.9 Å². The molecule has 4 nitrogen and oxygen atoms in total. The molecule has 0 radical (unpaired) electrons. The maximum Gasteiger partial charge on any atom is 0.574 e. The van der Waals surface area contributed by atoms with Crippen LogP contribution in [0.25, 0.3) is 0 Å². The van der Waals surface area contributed by atoms with Crippen LogP contribution in [0.15, 0.2) is 6.07 Å². The van der Waals surface area contributed by atoms with E-state index in [4.69, 9.17) is 11.0 Å². The van der Waals surface area contributed by atoms with E-state index in [1.165, 1.54) is 0 Å². The van der Waals surface area contributed by atoms with Gasteiger partial charge in [0.25, 0.3) is 0 Å². The minimum absolute atomic E-state index is 0.0325. The second kappa shape index (κ2) is 4.09. The van der Waals surface area contributed by atoms with Crippen LogP contribution in [0.5, 0.6) is 5.88 Å². The van der Waals surface area contributed by atoms with E-state index in [1.54, 1.807) is 28.7 Å². The van der Waals surface area contributed by atoms with E-state index in [-0.39, 0.29) is 15.0 Å². The summed E-state index contributed by atoms with van der Waals surface area (Å²) in [6, 6.07) is 2.58. The predicted molar refractivity (Wildman–Crippen MR) is 52.8 cm³/mol. The first-order chi connectivity index (χ1) is 6.83. The number of nitrogens with two attached hydrogens (primary N) is 1. The van der Waals surface area contributed by atoms with Crippen molar-refractivity contribution in [2.75, 3.05) is 5.73 Å². The van der Waals surface area contributed by atoms with Gasteiger partial charge in [-0.2, -0.15) is 5.26 Å². The standard InChI is InChI=1S/C7H3F3IN3O/c8-7(9,10)15-5-1-4(13)3(2-12)6(11)14-5/h1H,(H2,13,14). The average Bonchev–Trinajstić information content (AvgIpc) is 1.99. The van der Waals surface area contributed by atoms with Crippen molar-refractivity contribution in [3.63, 3.8) is 0 Å². The summed E-state index contributed by atoms with van der Waals surface area (Å²) in [5, 5.41) is 8.58. The van der Waals surface area contributed by atoms with E-state index < -0.39 is 12.2 Å². The second-order valence-corrected chi connectivity index (χ2v) is 3.40. The van der Waals surface area contributed by atoms with Gasteiger partial charge in [0, 0.05) is 6.07 Å². The van der Waals surface area contributed by atoms with Crippen molar-refractivity contribution in [2.24, 2.45) is 0 Å². The Kier molecular flexibility index (Phi) is 3.23. The molecule has 0 aliphatic heterocycles. The molecule has 8 heteroatoms. The van der Waals surface area contributed by atoms with E-state index in [1.807, 2.05) is 0 Å². The van der Waals surface area contributed by atoms with Crippen molar-refractivity contribution in [2.45, 2.75) is 6.36 Å². The molecule has 2 N–H and O–H groups in total. The van der Waals surface area contributed by atoms with Crippen LogP contribution < -0.4 is 10.5 Å². The molecule has 0 fully saturated rings. The molecular weight excluding hydrogens is 326 g/mol. The van der Waals surface area contributed by atoms with Gasteiger partial charge in [-0.1, -0.05) is 0 Å². The molecule has 80 valence electrons. The lowest BCUT2D eigenvalue weighted by atomic mass is 10.2. The largest absolute Gasteiger partial charge is 0.574 e. The Morgan fingerprint density at radius 1 is 1.53 bits per heavy atom. The zero-order chi connectivity index (χ0) is 11.6. The number of halogens is 4. The van der Waals surface area contributed by atoms with Crippen molar-refractivity contribution in [3.8, 4) is 11.9 Å². The number of aromatic nitrogens is 1. The lowest BCUT2D eigenvalue weighted by Gasteiger charge is -2.09. The van der Waals surface area contributed by atoms with Crippen LogP contribution in [-0.4, -0.2) is 11.3 Å². The Morgan fingerprint density at radius 2 is 2.13 bits per heavy atom. The van der Waals surface area contributed by atoms with E-state index >= 15 is 0 Å². The topological polar surface area (TPSA) is 71.9 Å². The van der Waals surface area contributed by atoms with Gasteiger partial charge in [0.15, 0.2) is 0 Å². The van der Waals surface area contributed by atoms with Crippen molar-refractivity contribution in [3.05, 3.63) is 15.3 Å². The quantitative estimate of drug-likeness (QED) is 0.632. The molecule has 0 bridgehead atoms. The Balaban J connectivity index is 3.11. The first kappa shape index (κ1) is 11.8. The maximum atomic E-state index is 11.8. The number of hydrogen-bond donors (Lipinski definition) is 1. The van der Waals surface area contributed by atoms with Gasteiger partial charge in [-0.05, 0) is 22.6 Å². The fraction of sp³-hybridized carbons (Fsp3) is 0.143. The number of alkyl halides is 3. The molecule has 0 unspecified atom stereocenters. The molecular formula is C7H3F3IN3O. The smallest absolute Gasteiger partial charge is 0.397 e. The average molecular weight is 329 g/mol. The Hall–Kier alpha value is -1.24. The summed E-state index contributed by atoms with van der Waals surface area (Å²) in [5.74, 6) is -0.677. The molecule has 0 aromatic carbocycles. The normalized spacial score (nSPS) is 10.9. The van der Waals surface area contributed by atoms with E-state index in [9.17, 15) is 13.2 Å². The van der Waals surface area contributed by atoms with E-state index in [0.717, 1.165) is 6.07 Å². The Labute approximate surface area is 96.0 Å². The first-order valence-corrected chi connectivity index (χ1v) is 4.53. The third-order valence-electron chi connectivity index (χ3n) is 1.31. The molecule has 0 spiro atoms.